The van der Waals surface area contributed by atoms with Crippen molar-refractivity contribution in [1.82, 2.24) is 0 Å². The summed E-state index contributed by atoms with van der Waals surface area (Å²) in [6.07, 6.45) is 1.38. The fourth-order valence-corrected chi connectivity index (χ4v) is 5.55. The fourth-order valence-electron chi connectivity index (χ4n) is 4.42. The SMILES string of the molecule is COc1cc([C@@H]2CC[C@@H](c3cc(OC)c(OC)c(OC)c3)O2)cc(N)c1OCCSc1ccc(Cl)c(Cl)c1. The van der Waals surface area contributed by atoms with E-state index in [0.717, 1.165) is 28.9 Å². The van der Waals surface area contributed by atoms with E-state index >= 15 is 0 Å². The maximum atomic E-state index is 6.44. The molecule has 1 fully saturated rings. The van der Waals surface area contributed by atoms with Crippen LogP contribution in [0.25, 0.3) is 0 Å². The van der Waals surface area contributed by atoms with Crippen LogP contribution >= 0.6 is 35.0 Å². The maximum Gasteiger partial charge on any atom is 0.203 e. The van der Waals surface area contributed by atoms with Crippen LogP contribution in [0.5, 0.6) is 28.7 Å². The van der Waals surface area contributed by atoms with Crippen molar-refractivity contribution < 1.29 is 28.4 Å². The van der Waals surface area contributed by atoms with Crippen LogP contribution in [0, 0.1) is 0 Å². The molecule has 1 aliphatic heterocycles. The predicted molar refractivity (Wildman–Crippen MR) is 152 cm³/mol. The highest BCUT2D eigenvalue weighted by Gasteiger charge is 2.30. The summed E-state index contributed by atoms with van der Waals surface area (Å²) in [7, 11) is 6.39. The standard InChI is InChI=1S/C28H31Cl2NO6S/c1-32-24-12-16(11-21(31)27(24)36-9-10-38-18-5-6-19(29)20(30)15-18)22-7-8-23(37-22)17-13-25(33-2)28(35-4)26(14-17)34-3/h5-6,11-15,22-23H,7-10,31H2,1-4H3/t22-,23-/m0/s1. The molecule has 0 aliphatic carbocycles. The van der Waals surface area contributed by atoms with Crippen LogP contribution < -0.4 is 29.4 Å². The molecule has 0 bridgehead atoms. The summed E-state index contributed by atoms with van der Waals surface area (Å²) in [5.74, 6) is 3.53. The third-order valence-corrected chi connectivity index (χ3v) is 7.96. The lowest BCUT2D eigenvalue weighted by Gasteiger charge is -2.20. The average Bonchev–Trinajstić information content (AvgIpc) is 3.43. The Morgan fingerprint density at radius 3 is 1.92 bits per heavy atom. The number of anilines is 1. The van der Waals surface area contributed by atoms with Crippen LogP contribution in [0.3, 0.4) is 0 Å². The summed E-state index contributed by atoms with van der Waals surface area (Å²) in [4.78, 5) is 1.01. The molecule has 38 heavy (non-hydrogen) atoms. The first-order chi connectivity index (χ1) is 18.4. The molecule has 0 amide bonds. The Balaban J connectivity index is 1.43. The van der Waals surface area contributed by atoms with E-state index in [4.69, 9.17) is 57.4 Å². The Bertz CT molecular complexity index is 1250. The molecule has 1 saturated heterocycles. The lowest BCUT2D eigenvalue weighted by atomic mass is 10.0. The molecule has 3 aromatic carbocycles. The van der Waals surface area contributed by atoms with Gasteiger partial charge in [-0.1, -0.05) is 23.2 Å². The molecule has 2 N–H and O–H groups in total. The fraction of sp³-hybridized carbons (Fsp3) is 0.357. The summed E-state index contributed by atoms with van der Waals surface area (Å²) >= 11 is 13.7. The minimum atomic E-state index is -0.144. The zero-order valence-electron chi connectivity index (χ0n) is 21.7. The Morgan fingerprint density at radius 2 is 1.37 bits per heavy atom. The number of benzene rings is 3. The van der Waals surface area contributed by atoms with Gasteiger partial charge >= 0.3 is 0 Å². The molecule has 0 saturated carbocycles. The zero-order valence-corrected chi connectivity index (χ0v) is 24.0. The van der Waals surface area contributed by atoms with Gasteiger partial charge in [-0.3, -0.25) is 0 Å². The van der Waals surface area contributed by atoms with Crippen LogP contribution in [-0.4, -0.2) is 40.8 Å². The van der Waals surface area contributed by atoms with Crippen molar-refractivity contribution in [2.24, 2.45) is 0 Å². The van der Waals surface area contributed by atoms with E-state index in [-0.39, 0.29) is 12.2 Å². The number of rotatable bonds is 11. The van der Waals surface area contributed by atoms with Gasteiger partial charge in [0.2, 0.25) is 5.75 Å². The van der Waals surface area contributed by atoms with Crippen LogP contribution in [0.2, 0.25) is 10.0 Å². The molecule has 7 nitrogen and oxygen atoms in total. The Morgan fingerprint density at radius 1 is 0.789 bits per heavy atom. The number of nitrogen functional groups attached to an aromatic ring is 1. The van der Waals surface area contributed by atoms with Crippen molar-refractivity contribution in [2.45, 2.75) is 29.9 Å². The quantitative estimate of drug-likeness (QED) is 0.143. The van der Waals surface area contributed by atoms with Crippen LogP contribution in [0.15, 0.2) is 47.4 Å². The van der Waals surface area contributed by atoms with E-state index in [1.165, 1.54) is 0 Å². The van der Waals surface area contributed by atoms with Gasteiger partial charge in [0.15, 0.2) is 23.0 Å². The summed E-state index contributed by atoms with van der Waals surface area (Å²) in [6, 6.07) is 13.2. The number of thioether (sulfide) groups is 1. The number of halogens is 2. The molecule has 204 valence electrons. The van der Waals surface area contributed by atoms with Gasteiger partial charge in [-0.15, -0.1) is 11.8 Å². The summed E-state index contributed by atoms with van der Waals surface area (Å²) in [5, 5.41) is 1.06. The van der Waals surface area contributed by atoms with Crippen molar-refractivity contribution >= 4 is 40.7 Å². The van der Waals surface area contributed by atoms with Crippen LogP contribution in [0.4, 0.5) is 5.69 Å². The second kappa shape index (κ2) is 12.9. The maximum absolute atomic E-state index is 6.44. The van der Waals surface area contributed by atoms with E-state index in [1.807, 2.05) is 36.4 Å². The summed E-state index contributed by atoms with van der Waals surface area (Å²) in [5.41, 5.74) is 8.80. The van der Waals surface area contributed by atoms with Gasteiger partial charge in [0, 0.05) is 10.6 Å². The highest BCUT2D eigenvalue weighted by molar-refractivity contribution is 7.99. The van der Waals surface area contributed by atoms with Gasteiger partial charge in [0.25, 0.3) is 0 Å². The third-order valence-electron chi connectivity index (χ3n) is 6.27. The molecule has 10 heteroatoms. The molecule has 0 aromatic heterocycles. The smallest absolute Gasteiger partial charge is 0.203 e. The van der Waals surface area contributed by atoms with E-state index < -0.39 is 0 Å². The lowest BCUT2D eigenvalue weighted by Crippen LogP contribution is -2.07. The molecule has 4 rings (SSSR count). The van der Waals surface area contributed by atoms with Gasteiger partial charge in [-0.2, -0.15) is 0 Å². The highest BCUT2D eigenvalue weighted by atomic mass is 35.5. The lowest BCUT2D eigenvalue weighted by molar-refractivity contribution is 0.0437. The largest absolute Gasteiger partial charge is 0.493 e. The Labute approximate surface area is 237 Å². The van der Waals surface area contributed by atoms with Crippen LogP contribution in [0.1, 0.15) is 36.2 Å². The van der Waals surface area contributed by atoms with Crippen molar-refractivity contribution in [3.63, 3.8) is 0 Å². The van der Waals surface area contributed by atoms with Crippen LogP contribution in [-0.2, 0) is 4.74 Å². The Kier molecular flexibility index (Phi) is 9.65. The topological polar surface area (TPSA) is 81.4 Å². The number of ether oxygens (including phenoxy) is 6. The minimum Gasteiger partial charge on any atom is -0.493 e. The van der Waals surface area contributed by atoms with Gasteiger partial charge in [-0.25, -0.2) is 0 Å². The molecule has 3 aromatic rings. The molecular weight excluding hydrogens is 549 g/mol. The van der Waals surface area contributed by atoms with Crippen molar-refractivity contribution in [3.8, 4) is 28.7 Å². The second-order valence-electron chi connectivity index (χ2n) is 8.56. The number of hydrogen-bond donors (Lipinski definition) is 1. The summed E-state index contributed by atoms with van der Waals surface area (Å²) < 4.78 is 34.5. The average molecular weight is 581 g/mol. The van der Waals surface area contributed by atoms with E-state index in [0.29, 0.717) is 56.8 Å². The van der Waals surface area contributed by atoms with Crippen molar-refractivity contribution in [1.29, 1.82) is 0 Å². The second-order valence-corrected chi connectivity index (χ2v) is 10.5. The molecule has 0 spiro atoms. The third kappa shape index (κ3) is 6.31. The first kappa shape index (κ1) is 28.4. The first-order valence-corrected chi connectivity index (χ1v) is 13.8. The summed E-state index contributed by atoms with van der Waals surface area (Å²) in [6.45, 7) is 0.438. The number of methoxy groups -OCH3 is 4. The molecular formula is C28H31Cl2NO6S. The number of nitrogens with two attached hydrogens (primary N) is 1. The van der Waals surface area contributed by atoms with E-state index in [9.17, 15) is 0 Å². The molecule has 1 aliphatic rings. The van der Waals surface area contributed by atoms with E-state index in [2.05, 4.69) is 0 Å². The molecule has 0 radical (unpaired) electrons. The first-order valence-electron chi connectivity index (χ1n) is 12.0. The highest BCUT2D eigenvalue weighted by Crippen LogP contribution is 2.47. The zero-order chi connectivity index (χ0) is 27.2. The van der Waals surface area contributed by atoms with Gasteiger partial charge in [0.1, 0.15) is 0 Å². The van der Waals surface area contributed by atoms with Crippen molar-refractivity contribution in [3.05, 3.63) is 63.6 Å². The van der Waals surface area contributed by atoms with E-state index in [1.54, 1.807) is 46.3 Å². The molecule has 2 atom stereocenters. The normalized spacial score (nSPS) is 16.8. The van der Waals surface area contributed by atoms with Crippen molar-refractivity contribution in [2.75, 3.05) is 46.5 Å². The Hall–Kier alpha value is -2.65. The number of hydrogen-bond acceptors (Lipinski definition) is 8. The predicted octanol–water partition coefficient (Wildman–Crippen LogP) is 7.37. The van der Waals surface area contributed by atoms with Gasteiger partial charge < -0.3 is 34.2 Å². The van der Waals surface area contributed by atoms with Gasteiger partial charge in [-0.05, 0) is 66.4 Å². The monoisotopic (exact) mass is 579 g/mol. The minimum absolute atomic E-state index is 0.129. The van der Waals surface area contributed by atoms with Gasteiger partial charge in [0.05, 0.1) is 63.0 Å². The molecule has 1 heterocycles. The molecule has 0 unspecified atom stereocenters.